The number of benzene rings is 1. The third-order valence-corrected chi connectivity index (χ3v) is 5.95. The van der Waals surface area contributed by atoms with Crippen LogP contribution < -0.4 is 4.72 Å². The average Bonchev–Trinajstić information content (AvgIpc) is 2.73. The van der Waals surface area contributed by atoms with Crippen LogP contribution in [0.4, 0.5) is 5.69 Å². The Hall–Kier alpha value is -0.240. The molecule has 0 saturated heterocycles. The Morgan fingerprint density at radius 1 is 1.05 bits per heavy atom. The van der Waals surface area contributed by atoms with E-state index in [1.807, 2.05) is 0 Å². The van der Waals surface area contributed by atoms with Crippen molar-refractivity contribution in [3.63, 3.8) is 0 Å². The van der Waals surface area contributed by atoms with Gasteiger partial charge in [-0.1, -0.05) is 57.7 Å². The van der Waals surface area contributed by atoms with Gasteiger partial charge in [-0.3, -0.25) is 4.72 Å². The first-order chi connectivity index (χ1) is 8.79. The Kier molecular flexibility index (Phi) is 4.49. The maximum atomic E-state index is 12.0. The molecule has 0 spiro atoms. The molecule has 19 heavy (non-hydrogen) atoms. The van der Waals surface area contributed by atoms with E-state index >= 15 is 0 Å². The lowest BCUT2D eigenvalue weighted by Gasteiger charge is -2.09. The summed E-state index contributed by atoms with van der Waals surface area (Å²) in [6.07, 6.45) is 1.15. The van der Waals surface area contributed by atoms with Crippen LogP contribution in [0.5, 0.6) is 0 Å². The summed E-state index contributed by atoms with van der Waals surface area (Å²) in [6.45, 7) is 0. The molecule has 0 bridgehead atoms. The number of anilines is 1. The SMILES string of the molecule is O=S(=O)(Nc1cc(Cl)c(Cl)cc1Cl)c1cnc(Cl)s1. The number of rotatable bonds is 3. The molecule has 0 amide bonds. The number of hydrogen-bond acceptors (Lipinski definition) is 4. The van der Waals surface area contributed by atoms with Crippen molar-refractivity contribution in [2.24, 2.45) is 0 Å². The molecule has 0 aliphatic heterocycles. The second-order valence-corrected chi connectivity index (χ2v) is 8.03. The summed E-state index contributed by atoms with van der Waals surface area (Å²) in [6, 6.07) is 2.68. The lowest BCUT2D eigenvalue weighted by molar-refractivity contribution is 0.603. The molecule has 0 radical (unpaired) electrons. The number of halogens is 4. The van der Waals surface area contributed by atoms with E-state index < -0.39 is 10.0 Å². The van der Waals surface area contributed by atoms with Crippen LogP contribution in [-0.2, 0) is 10.0 Å². The van der Waals surface area contributed by atoms with Crippen molar-refractivity contribution >= 4 is 73.5 Å². The molecule has 2 rings (SSSR count). The molecule has 1 N–H and O–H groups in total. The standard InChI is InChI=1S/C9H4Cl4N2O2S2/c10-4-1-6(12)7(2-5(4)11)15-19(16,17)8-3-14-9(13)18-8/h1-3,15H. The second kappa shape index (κ2) is 5.63. The smallest absolute Gasteiger partial charge is 0.273 e. The van der Waals surface area contributed by atoms with Gasteiger partial charge in [-0.2, -0.15) is 0 Å². The van der Waals surface area contributed by atoms with Gasteiger partial charge in [0.25, 0.3) is 10.0 Å². The molecule has 0 fully saturated rings. The van der Waals surface area contributed by atoms with E-state index in [9.17, 15) is 8.42 Å². The fourth-order valence-corrected chi connectivity index (χ4v) is 4.17. The first-order valence-electron chi connectivity index (χ1n) is 4.58. The predicted octanol–water partition coefficient (Wildman–Crippen LogP) is 4.56. The molecular formula is C9H4Cl4N2O2S2. The summed E-state index contributed by atoms with van der Waals surface area (Å²) in [7, 11) is -3.81. The zero-order valence-electron chi connectivity index (χ0n) is 8.82. The summed E-state index contributed by atoms with van der Waals surface area (Å²) in [5.74, 6) is 0. The molecule has 1 aromatic heterocycles. The van der Waals surface area contributed by atoms with Crippen LogP contribution in [0.15, 0.2) is 22.5 Å². The molecule has 2 aromatic rings. The Labute approximate surface area is 133 Å². The van der Waals surface area contributed by atoms with Crippen molar-refractivity contribution in [1.82, 2.24) is 4.98 Å². The fraction of sp³-hybridized carbons (Fsp3) is 0. The van der Waals surface area contributed by atoms with Crippen LogP contribution >= 0.6 is 57.7 Å². The summed E-state index contributed by atoms with van der Waals surface area (Å²) >= 11 is 23.9. The second-order valence-electron chi connectivity index (χ2n) is 3.28. The lowest BCUT2D eigenvalue weighted by Crippen LogP contribution is -2.11. The van der Waals surface area contributed by atoms with Gasteiger partial charge < -0.3 is 0 Å². The number of hydrogen-bond donors (Lipinski definition) is 1. The molecule has 1 aromatic carbocycles. The minimum Gasteiger partial charge on any atom is -0.277 e. The highest BCUT2D eigenvalue weighted by Gasteiger charge is 2.19. The van der Waals surface area contributed by atoms with Crippen molar-refractivity contribution in [2.75, 3.05) is 4.72 Å². The average molecular weight is 378 g/mol. The van der Waals surface area contributed by atoms with Crippen LogP contribution in [0, 0.1) is 0 Å². The van der Waals surface area contributed by atoms with E-state index in [0.29, 0.717) is 0 Å². The van der Waals surface area contributed by atoms with E-state index in [4.69, 9.17) is 46.4 Å². The number of nitrogens with zero attached hydrogens (tertiary/aromatic N) is 1. The highest BCUT2D eigenvalue weighted by Crippen LogP contribution is 2.34. The molecule has 0 unspecified atom stereocenters. The molecule has 10 heteroatoms. The predicted molar refractivity (Wildman–Crippen MR) is 79.4 cm³/mol. The Morgan fingerprint density at radius 2 is 1.68 bits per heavy atom. The highest BCUT2D eigenvalue weighted by molar-refractivity contribution is 7.94. The third kappa shape index (κ3) is 3.45. The molecule has 102 valence electrons. The van der Waals surface area contributed by atoms with E-state index in [2.05, 4.69) is 9.71 Å². The summed E-state index contributed by atoms with van der Waals surface area (Å²) in [5.41, 5.74) is 0.126. The van der Waals surface area contributed by atoms with Gasteiger partial charge in [0.05, 0.1) is 27.0 Å². The van der Waals surface area contributed by atoms with Crippen LogP contribution in [0.3, 0.4) is 0 Å². The van der Waals surface area contributed by atoms with E-state index in [1.165, 1.54) is 12.1 Å². The van der Waals surface area contributed by atoms with Crippen molar-refractivity contribution in [1.29, 1.82) is 0 Å². The van der Waals surface area contributed by atoms with Crippen LogP contribution in [0.2, 0.25) is 19.5 Å². The molecule has 4 nitrogen and oxygen atoms in total. The summed E-state index contributed by atoms with van der Waals surface area (Å²) < 4.78 is 26.4. The van der Waals surface area contributed by atoms with Crippen molar-refractivity contribution in [3.8, 4) is 0 Å². The maximum absolute atomic E-state index is 12.0. The molecule has 1 heterocycles. The van der Waals surface area contributed by atoms with Gasteiger partial charge >= 0.3 is 0 Å². The summed E-state index contributed by atoms with van der Waals surface area (Å²) in [4.78, 5) is 3.66. The monoisotopic (exact) mass is 376 g/mol. The highest BCUT2D eigenvalue weighted by atomic mass is 35.5. The molecule has 0 aliphatic carbocycles. The largest absolute Gasteiger partial charge is 0.277 e. The molecule has 0 aliphatic rings. The molecular weight excluding hydrogens is 374 g/mol. The quantitative estimate of drug-likeness (QED) is 0.797. The summed E-state index contributed by atoms with van der Waals surface area (Å²) in [5, 5.41) is 0.551. The fourth-order valence-electron chi connectivity index (χ4n) is 1.16. The van der Waals surface area contributed by atoms with Crippen molar-refractivity contribution in [3.05, 3.63) is 37.9 Å². The minimum atomic E-state index is -3.81. The first-order valence-corrected chi connectivity index (χ1v) is 8.39. The van der Waals surface area contributed by atoms with Crippen molar-refractivity contribution in [2.45, 2.75) is 4.21 Å². The normalized spacial score (nSPS) is 11.6. The topological polar surface area (TPSA) is 59.1 Å². The Balaban J connectivity index is 2.38. The van der Waals surface area contributed by atoms with Crippen LogP contribution in [0.1, 0.15) is 0 Å². The van der Waals surface area contributed by atoms with Crippen LogP contribution in [0.25, 0.3) is 0 Å². The van der Waals surface area contributed by atoms with E-state index in [1.54, 1.807) is 0 Å². The number of nitrogens with one attached hydrogen (secondary N) is 1. The first kappa shape index (κ1) is 15.2. The number of aromatic nitrogens is 1. The van der Waals surface area contributed by atoms with E-state index in [-0.39, 0.29) is 29.4 Å². The van der Waals surface area contributed by atoms with E-state index in [0.717, 1.165) is 17.5 Å². The van der Waals surface area contributed by atoms with Crippen molar-refractivity contribution < 1.29 is 8.42 Å². The lowest BCUT2D eigenvalue weighted by atomic mass is 10.3. The zero-order valence-corrected chi connectivity index (χ0v) is 13.5. The Bertz CT molecular complexity index is 730. The van der Waals surface area contributed by atoms with Gasteiger partial charge in [0, 0.05) is 0 Å². The maximum Gasteiger partial charge on any atom is 0.273 e. The number of sulfonamides is 1. The number of thiazole rings is 1. The Morgan fingerprint density at radius 3 is 2.26 bits per heavy atom. The molecule has 0 saturated carbocycles. The van der Waals surface area contributed by atoms with Gasteiger partial charge in [-0.25, -0.2) is 13.4 Å². The molecule has 0 atom stereocenters. The zero-order chi connectivity index (χ0) is 14.2. The van der Waals surface area contributed by atoms with Crippen LogP contribution in [-0.4, -0.2) is 13.4 Å². The van der Waals surface area contributed by atoms with Gasteiger partial charge in [0.1, 0.15) is 0 Å². The minimum absolute atomic E-state index is 0.0281. The van der Waals surface area contributed by atoms with Gasteiger partial charge in [0.15, 0.2) is 8.68 Å². The van der Waals surface area contributed by atoms with Gasteiger partial charge in [-0.05, 0) is 12.1 Å². The third-order valence-electron chi connectivity index (χ3n) is 1.98. The van der Waals surface area contributed by atoms with Gasteiger partial charge in [-0.15, -0.1) is 0 Å². The van der Waals surface area contributed by atoms with Gasteiger partial charge in [0.2, 0.25) is 0 Å².